The van der Waals surface area contributed by atoms with Crippen LogP contribution in [0.15, 0.2) is 18.2 Å². The van der Waals surface area contributed by atoms with Crippen molar-refractivity contribution in [1.29, 1.82) is 0 Å². The van der Waals surface area contributed by atoms with E-state index < -0.39 is 23.6 Å². The van der Waals surface area contributed by atoms with Crippen LogP contribution < -0.4 is 9.80 Å². The van der Waals surface area contributed by atoms with Crippen LogP contribution in [0.5, 0.6) is 0 Å². The van der Waals surface area contributed by atoms with Crippen LogP contribution in [0.2, 0.25) is 0 Å². The van der Waals surface area contributed by atoms with Gasteiger partial charge < -0.3 is 14.5 Å². The lowest BCUT2D eigenvalue weighted by molar-refractivity contribution is -0.147. The van der Waals surface area contributed by atoms with E-state index in [0.717, 1.165) is 44.5 Å². The van der Waals surface area contributed by atoms with E-state index in [1.165, 1.54) is 11.0 Å². The summed E-state index contributed by atoms with van der Waals surface area (Å²) in [5.74, 6) is -1.49. The monoisotopic (exact) mass is 384 g/mol. The van der Waals surface area contributed by atoms with Gasteiger partial charge in [0, 0.05) is 26.1 Å². The van der Waals surface area contributed by atoms with E-state index in [0.29, 0.717) is 5.69 Å². The molecule has 0 spiro atoms. The van der Waals surface area contributed by atoms with Crippen LogP contribution in [0.1, 0.15) is 38.2 Å². The van der Waals surface area contributed by atoms with Gasteiger partial charge in [-0.3, -0.25) is 9.59 Å². The summed E-state index contributed by atoms with van der Waals surface area (Å²) in [5.41, 5.74) is 0.0368. The number of carbonyl (C=O) groups is 2. The van der Waals surface area contributed by atoms with Gasteiger partial charge in [0.2, 0.25) is 5.91 Å². The number of rotatable bonds is 4. The van der Waals surface area contributed by atoms with Gasteiger partial charge in [0.25, 0.3) is 0 Å². The average Bonchev–Trinajstić information content (AvgIpc) is 3.03. The first-order valence-electron chi connectivity index (χ1n) is 9.24. The van der Waals surface area contributed by atoms with Crippen molar-refractivity contribution < 1.29 is 27.5 Å². The van der Waals surface area contributed by atoms with Crippen molar-refractivity contribution in [2.75, 3.05) is 36.0 Å². The molecule has 8 heteroatoms. The van der Waals surface area contributed by atoms with Crippen LogP contribution in [0.25, 0.3) is 0 Å². The molecule has 148 valence electrons. The Morgan fingerprint density at radius 1 is 1.19 bits per heavy atom. The number of esters is 1. The normalized spacial score (nSPS) is 20.9. The molecule has 0 saturated carbocycles. The molecule has 1 amide bonds. The molecule has 0 radical (unpaired) electrons. The second kappa shape index (κ2) is 7.78. The average molecular weight is 384 g/mol. The maximum atomic E-state index is 13.2. The van der Waals surface area contributed by atoms with Crippen LogP contribution in [-0.2, 0) is 20.5 Å². The fourth-order valence-electron chi connectivity index (χ4n) is 3.68. The first-order valence-corrected chi connectivity index (χ1v) is 9.24. The van der Waals surface area contributed by atoms with Gasteiger partial charge in [-0.2, -0.15) is 13.2 Å². The van der Waals surface area contributed by atoms with Crippen molar-refractivity contribution in [3.8, 4) is 0 Å². The topological polar surface area (TPSA) is 49.9 Å². The van der Waals surface area contributed by atoms with Crippen LogP contribution in [0.3, 0.4) is 0 Å². The summed E-state index contributed by atoms with van der Waals surface area (Å²) >= 11 is 0. The minimum Gasteiger partial charge on any atom is -0.466 e. The third-order valence-corrected chi connectivity index (χ3v) is 5.04. The summed E-state index contributed by atoms with van der Waals surface area (Å²) < 4.78 is 44.7. The highest BCUT2D eigenvalue weighted by Crippen LogP contribution is 2.40. The molecule has 2 heterocycles. The van der Waals surface area contributed by atoms with Gasteiger partial charge in [-0.15, -0.1) is 0 Å². The largest absolute Gasteiger partial charge is 0.466 e. The molecule has 2 saturated heterocycles. The van der Waals surface area contributed by atoms with Crippen molar-refractivity contribution in [2.45, 2.75) is 38.8 Å². The zero-order chi connectivity index (χ0) is 19.6. The number of benzene rings is 1. The second-order valence-corrected chi connectivity index (χ2v) is 6.91. The van der Waals surface area contributed by atoms with Crippen LogP contribution in [0, 0.1) is 5.92 Å². The Morgan fingerprint density at radius 2 is 1.89 bits per heavy atom. The molecule has 0 N–H and O–H groups in total. The first-order chi connectivity index (χ1) is 12.8. The maximum Gasteiger partial charge on any atom is 0.416 e. The molecule has 1 atom stereocenters. The number of nitrogens with zero attached hydrogens (tertiary/aromatic N) is 2. The molecular weight excluding hydrogens is 361 g/mol. The molecule has 2 aliphatic heterocycles. The summed E-state index contributed by atoms with van der Waals surface area (Å²) in [6.45, 7) is 3.39. The minimum atomic E-state index is -4.50. The standard InChI is InChI=1S/C19H23F3N2O3/c1-2-27-18(26)13-10-17(25)24(12-13)16-11-14(19(20,21)22)6-7-15(16)23-8-4-3-5-9-23/h6-7,11,13H,2-5,8-10,12H2,1H3. The molecule has 0 bridgehead atoms. The third-order valence-electron chi connectivity index (χ3n) is 5.04. The van der Waals surface area contributed by atoms with Crippen LogP contribution in [0.4, 0.5) is 24.5 Å². The zero-order valence-electron chi connectivity index (χ0n) is 15.2. The summed E-state index contributed by atoms with van der Waals surface area (Å²) in [6.07, 6.45) is -1.55. The predicted octanol–water partition coefficient (Wildman–Crippen LogP) is 3.61. The smallest absolute Gasteiger partial charge is 0.416 e. The lowest BCUT2D eigenvalue weighted by Gasteiger charge is -2.33. The third kappa shape index (κ3) is 4.20. The molecule has 27 heavy (non-hydrogen) atoms. The number of alkyl halides is 3. The van der Waals surface area contributed by atoms with Gasteiger partial charge in [-0.1, -0.05) is 0 Å². The highest BCUT2D eigenvalue weighted by molar-refractivity contribution is 6.02. The van der Waals surface area contributed by atoms with E-state index in [1.807, 2.05) is 4.90 Å². The number of halogens is 3. The fraction of sp³-hybridized carbons (Fsp3) is 0.579. The van der Waals surface area contributed by atoms with Crippen LogP contribution in [-0.4, -0.2) is 38.1 Å². The SMILES string of the molecule is CCOC(=O)C1CC(=O)N(c2cc(C(F)(F)F)ccc2N2CCCCC2)C1. The van der Waals surface area contributed by atoms with Gasteiger partial charge in [-0.05, 0) is 44.4 Å². The summed E-state index contributed by atoms with van der Waals surface area (Å²) in [7, 11) is 0. The van der Waals surface area contributed by atoms with Crippen molar-refractivity contribution in [1.82, 2.24) is 0 Å². The Morgan fingerprint density at radius 3 is 2.52 bits per heavy atom. The fourth-order valence-corrected chi connectivity index (χ4v) is 3.68. The van der Waals surface area contributed by atoms with Crippen molar-refractivity contribution in [3.63, 3.8) is 0 Å². The minimum absolute atomic E-state index is 0.0415. The molecule has 2 fully saturated rings. The van der Waals surface area contributed by atoms with Gasteiger partial charge >= 0.3 is 12.1 Å². The molecular formula is C19H23F3N2O3. The summed E-state index contributed by atoms with van der Waals surface area (Å²) in [4.78, 5) is 27.8. The molecule has 2 aliphatic rings. The van der Waals surface area contributed by atoms with E-state index in [-0.39, 0.29) is 31.2 Å². The van der Waals surface area contributed by atoms with E-state index in [2.05, 4.69) is 0 Å². The molecule has 1 aromatic rings. The van der Waals surface area contributed by atoms with E-state index in [4.69, 9.17) is 4.74 Å². The quantitative estimate of drug-likeness (QED) is 0.744. The Labute approximate surface area is 156 Å². The highest BCUT2D eigenvalue weighted by atomic mass is 19.4. The second-order valence-electron chi connectivity index (χ2n) is 6.91. The van der Waals surface area contributed by atoms with Crippen molar-refractivity contribution in [3.05, 3.63) is 23.8 Å². The molecule has 1 aromatic carbocycles. The van der Waals surface area contributed by atoms with Crippen molar-refractivity contribution in [2.24, 2.45) is 5.92 Å². The molecule has 3 rings (SSSR count). The van der Waals surface area contributed by atoms with E-state index in [9.17, 15) is 22.8 Å². The van der Waals surface area contributed by atoms with Gasteiger partial charge in [0.15, 0.2) is 0 Å². The Hall–Kier alpha value is -2.25. The first kappa shape index (κ1) is 19.5. The molecule has 0 aromatic heterocycles. The van der Waals surface area contributed by atoms with Crippen molar-refractivity contribution >= 4 is 23.3 Å². The Bertz CT molecular complexity index is 715. The molecule has 1 unspecified atom stereocenters. The van der Waals surface area contributed by atoms with Gasteiger partial charge in [0.1, 0.15) is 0 Å². The maximum absolute atomic E-state index is 13.2. The van der Waals surface area contributed by atoms with Gasteiger partial charge in [-0.25, -0.2) is 0 Å². The predicted molar refractivity (Wildman–Crippen MR) is 94.6 cm³/mol. The number of hydrogen-bond acceptors (Lipinski definition) is 4. The molecule has 5 nitrogen and oxygen atoms in total. The zero-order valence-corrected chi connectivity index (χ0v) is 15.2. The number of carbonyl (C=O) groups excluding carboxylic acids is 2. The number of hydrogen-bond donors (Lipinski definition) is 0. The Balaban J connectivity index is 1.95. The summed E-state index contributed by atoms with van der Waals surface area (Å²) in [6, 6.07) is 3.51. The van der Waals surface area contributed by atoms with Gasteiger partial charge in [0.05, 0.1) is 29.5 Å². The number of ether oxygens (including phenoxy) is 1. The Kier molecular flexibility index (Phi) is 5.62. The van der Waals surface area contributed by atoms with E-state index >= 15 is 0 Å². The number of amides is 1. The van der Waals surface area contributed by atoms with Crippen LogP contribution >= 0.6 is 0 Å². The highest BCUT2D eigenvalue weighted by Gasteiger charge is 2.39. The summed E-state index contributed by atoms with van der Waals surface area (Å²) in [5, 5.41) is 0. The lowest BCUT2D eigenvalue weighted by atomic mass is 10.1. The van der Waals surface area contributed by atoms with E-state index in [1.54, 1.807) is 6.92 Å². The number of anilines is 2. The molecule has 0 aliphatic carbocycles. The lowest BCUT2D eigenvalue weighted by Crippen LogP contribution is -2.33. The number of piperidine rings is 1.